The molecule has 0 saturated carbocycles. The second-order valence-corrected chi connectivity index (χ2v) is 4.56. The zero-order valence-electron chi connectivity index (χ0n) is 9.60. The van der Waals surface area contributed by atoms with Crippen LogP contribution in [0.1, 0.15) is 16.1 Å². The maximum atomic E-state index is 11.6. The number of esters is 1. The van der Waals surface area contributed by atoms with E-state index >= 15 is 0 Å². The lowest BCUT2D eigenvalue weighted by molar-refractivity contribution is 0.0544. The summed E-state index contributed by atoms with van der Waals surface area (Å²) in [5.74, 6) is -0.363. The van der Waals surface area contributed by atoms with Gasteiger partial charge in [0.25, 0.3) is 0 Å². The normalized spacial score (nSPS) is 10.7. The van der Waals surface area contributed by atoms with Crippen molar-refractivity contribution in [2.24, 2.45) is 0 Å². The highest BCUT2D eigenvalue weighted by Gasteiger charge is 2.07. The number of ether oxygens (including phenoxy) is 1. The fraction of sp³-hybridized carbons (Fsp3) is 0.0714. The maximum absolute atomic E-state index is 11.6. The van der Waals surface area contributed by atoms with Crippen LogP contribution in [0.25, 0.3) is 6.08 Å². The molecule has 1 aromatic carbocycles. The summed E-state index contributed by atoms with van der Waals surface area (Å²) in [5, 5.41) is 0. The molecule has 4 heteroatoms. The van der Waals surface area contributed by atoms with Crippen LogP contribution in [0, 0.1) is 0 Å². The molecule has 0 aliphatic carbocycles. The van der Waals surface area contributed by atoms with E-state index in [0.717, 1.165) is 10.0 Å². The molecule has 0 saturated heterocycles. The predicted molar refractivity (Wildman–Crippen MR) is 74.3 cm³/mol. The van der Waals surface area contributed by atoms with Crippen LogP contribution in [-0.4, -0.2) is 17.6 Å². The molecule has 0 radical (unpaired) electrons. The molecule has 0 unspecified atom stereocenters. The van der Waals surface area contributed by atoms with Crippen molar-refractivity contribution >= 4 is 28.0 Å². The molecule has 3 nitrogen and oxygen atoms in total. The molecule has 0 amide bonds. The van der Waals surface area contributed by atoms with Gasteiger partial charge in [0.2, 0.25) is 0 Å². The van der Waals surface area contributed by atoms with Crippen LogP contribution in [0.15, 0.2) is 53.1 Å². The van der Waals surface area contributed by atoms with Crippen molar-refractivity contribution in [1.29, 1.82) is 0 Å². The highest BCUT2D eigenvalue weighted by atomic mass is 79.9. The number of carbonyl (C=O) groups is 1. The molecule has 0 aliphatic rings. The van der Waals surface area contributed by atoms with Crippen LogP contribution < -0.4 is 0 Å². The maximum Gasteiger partial charge on any atom is 0.355 e. The number of aromatic nitrogens is 1. The van der Waals surface area contributed by atoms with E-state index in [-0.39, 0.29) is 12.6 Å². The van der Waals surface area contributed by atoms with Crippen LogP contribution in [0.2, 0.25) is 0 Å². The fourth-order valence-corrected chi connectivity index (χ4v) is 1.78. The van der Waals surface area contributed by atoms with Gasteiger partial charge >= 0.3 is 5.97 Å². The number of hydrogen-bond acceptors (Lipinski definition) is 2. The molecular weight excluding hydrogens is 294 g/mol. The first-order valence-electron chi connectivity index (χ1n) is 5.48. The van der Waals surface area contributed by atoms with E-state index in [0.29, 0.717) is 5.69 Å². The fourth-order valence-electron chi connectivity index (χ4n) is 1.44. The number of halogens is 1. The Balaban J connectivity index is 1.82. The Hall–Kier alpha value is -1.81. The molecule has 0 atom stereocenters. The van der Waals surface area contributed by atoms with Crippen LogP contribution in [0.3, 0.4) is 0 Å². The van der Waals surface area contributed by atoms with Gasteiger partial charge in [-0.1, -0.05) is 36.4 Å². The molecule has 1 N–H and O–H groups in total. The van der Waals surface area contributed by atoms with E-state index in [4.69, 9.17) is 4.74 Å². The van der Waals surface area contributed by atoms with Gasteiger partial charge in [0.1, 0.15) is 12.3 Å². The molecule has 2 rings (SSSR count). The zero-order valence-corrected chi connectivity index (χ0v) is 11.2. The first kappa shape index (κ1) is 12.6. The van der Waals surface area contributed by atoms with Crippen LogP contribution in [-0.2, 0) is 4.74 Å². The Morgan fingerprint density at radius 2 is 2.11 bits per heavy atom. The van der Waals surface area contributed by atoms with E-state index in [1.807, 2.05) is 42.5 Å². The van der Waals surface area contributed by atoms with Crippen molar-refractivity contribution in [1.82, 2.24) is 4.98 Å². The number of hydrogen-bond donors (Lipinski definition) is 1. The Morgan fingerprint density at radius 1 is 1.33 bits per heavy atom. The summed E-state index contributed by atoms with van der Waals surface area (Å²) in [6.07, 6.45) is 5.42. The van der Waals surface area contributed by atoms with E-state index < -0.39 is 0 Å². The smallest absolute Gasteiger partial charge is 0.355 e. The lowest BCUT2D eigenvalue weighted by atomic mass is 10.2. The van der Waals surface area contributed by atoms with Gasteiger partial charge in [0.05, 0.1) is 0 Å². The average molecular weight is 306 g/mol. The third kappa shape index (κ3) is 3.60. The minimum Gasteiger partial charge on any atom is -0.457 e. The van der Waals surface area contributed by atoms with Crippen molar-refractivity contribution in [2.75, 3.05) is 6.61 Å². The van der Waals surface area contributed by atoms with Gasteiger partial charge in [-0.25, -0.2) is 4.79 Å². The van der Waals surface area contributed by atoms with E-state index in [1.165, 1.54) is 0 Å². The summed E-state index contributed by atoms with van der Waals surface area (Å²) < 4.78 is 5.91. The molecule has 1 heterocycles. The van der Waals surface area contributed by atoms with Gasteiger partial charge in [0.15, 0.2) is 0 Å². The van der Waals surface area contributed by atoms with E-state index in [2.05, 4.69) is 20.9 Å². The second kappa shape index (κ2) is 6.21. The lowest BCUT2D eigenvalue weighted by Gasteiger charge is -1.98. The molecule has 0 bridgehead atoms. The summed E-state index contributed by atoms with van der Waals surface area (Å²) in [6, 6.07) is 11.5. The molecule has 18 heavy (non-hydrogen) atoms. The largest absolute Gasteiger partial charge is 0.457 e. The molecule has 2 aromatic rings. The van der Waals surface area contributed by atoms with Gasteiger partial charge in [0, 0.05) is 10.7 Å². The quantitative estimate of drug-likeness (QED) is 0.876. The Labute approximate surface area is 114 Å². The first-order valence-corrected chi connectivity index (χ1v) is 6.27. The van der Waals surface area contributed by atoms with Gasteiger partial charge in [-0.3, -0.25) is 0 Å². The molecule has 0 fully saturated rings. The number of aromatic amines is 1. The Morgan fingerprint density at radius 3 is 2.78 bits per heavy atom. The van der Waals surface area contributed by atoms with Gasteiger partial charge in [-0.15, -0.1) is 0 Å². The summed E-state index contributed by atoms with van der Waals surface area (Å²) >= 11 is 3.26. The number of H-pyrrole nitrogens is 1. The minimum absolute atomic E-state index is 0.254. The van der Waals surface area contributed by atoms with Crippen molar-refractivity contribution < 1.29 is 9.53 Å². The summed E-state index contributed by atoms with van der Waals surface area (Å²) in [4.78, 5) is 14.4. The lowest BCUT2D eigenvalue weighted by Crippen LogP contribution is -2.05. The molecular formula is C14H12BrNO2. The third-order valence-electron chi connectivity index (χ3n) is 2.29. The third-order valence-corrected chi connectivity index (χ3v) is 2.75. The van der Waals surface area contributed by atoms with E-state index in [9.17, 15) is 4.79 Å². The number of benzene rings is 1. The summed E-state index contributed by atoms with van der Waals surface area (Å²) in [6.45, 7) is 0.254. The van der Waals surface area contributed by atoms with Crippen molar-refractivity contribution in [2.45, 2.75) is 0 Å². The SMILES string of the molecule is O=C(OC/C=C/c1ccccc1)c1cc(Br)c[nH]1. The van der Waals surface area contributed by atoms with Crippen LogP contribution >= 0.6 is 15.9 Å². The Kier molecular flexibility index (Phi) is 4.36. The topological polar surface area (TPSA) is 42.1 Å². The first-order chi connectivity index (χ1) is 8.75. The second-order valence-electron chi connectivity index (χ2n) is 3.64. The standard InChI is InChI=1S/C14H12BrNO2/c15-12-9-13(16-10-12)14(17)18-8-4-7-11-5-2-1-3-6-11/h1-7,9-10,16H,8H2/b7-4+. The number of rotatable bonds is 4. The summed E-state index contributed by atoms with van der Waals surface area (Å²) in [5.41, 5.74) is 1.52. The molecule has 0 spiro atoms. The van der Waals surface area contributed by atoms with Gasteiger partial charge < -0.3 is 9.72 Å². The number of nitrogens with one attached hydrogen (secondary N) is 1. The van der Waals surface area contributed by atoms with Crippen LogP contribution in [0.4, 0.5) is 0 Å². The van der Waals surface area contributed by atoms with Crippen molar-refractivity contribution in [3.63, 3.8) is 0 Å². The van der Waals surface area contributed by atoms with Crippen molar-refractivity contribution in [3.8, 4) is 0 Å². The molecule has 0 aliphatic heterocycles. The number of carbonyl (C=O) groups excluding carboxylic acids is 1. The summed E-state index contributed by atoms with van der Waals surface area (Å²) in [7, 11) is 0. The monoisotopic (exact) mass is 305 g/mol. The highest BCUT2D eigenvalue weighted by molar-refractivity contribution is 9.10. The average Bonchev–Trinajstić information content (AvgIpc) is 2.82. The van der Waals surface area contributed by atoms with Crippen molar-refractivity contribution in [3.05, 3.63) is 64.4 Å². The Bertz CT molecular complexity index is 546. The zero-order chi connectivity index (χ0) is 12.8. The predicted octanol–water partition coefficient (Wildman–Crippen LogP) is 3.65. The van der Waals surface area contributed by atoms with E-state index in [1.54, 1.807) is 12.3 Å². The minimum atomic E-state index is -0.363. The van der Waals surface area contributed by atoms with Crippen LogP contribution in [0.5, 0.6) is 0 Å². The van der Waals surface area contributed by atoms with Gasteiger partial charge in [-0.05, 0) is 33.6 Å². The van der Waals surface area contributed by atoms with Gasteiger partial charge in [-0.2, -0.15) is 0 Å². The molecule has 1 aromatic heterocycles. The molecule has 92 valence electrons. The highest BCUT2D eigenvalue weighted by Crippen LogP contribution is 2.11.